The number of hydrogen-bond acceptors (Lipinski definition) is 3. The summed E-state index contributed by atoms with van der Waals surface area (Å²) in [6, 6.07) is 4.83. The maximum Gasteiger partial charge on any atom is 0.250 e. The molecule has 72 valence electrons. The summed E-state index contributed by atoms with van der Waals surface area (Å²) in [4.78, 5) is 0. The zero-order valence-electron chi connectivity index (χ0n) is 7.91. The molecule has 1 heterocycles. The number of aromatic nitrogens is 2. The highest BCUT2D eigenvalue weighted by Gasteiger charge is 2.13. The first-order valence-electron chi connectivity index (χ1n) is 4.24. The summed E-state index contributed by atoms with van der Waals surface area (Å²) in [5, 5.41) is 7.44. The van der Waals surface area contributed by atoms with Crippen molar-refractivity contribution in [1.82, 2.24) is 10.2 Å². The van der Waals surface area contributed by atoms with E-state index in [0.717, 1.165) is 5.56 Å². The Balaban J connectivity index is 2.61. The maximum atomic E-state index is 13.4. The van der Waals surface area contributed by atoms with Gasteiger partial charge in [-0.15, -0.1) is 10.2 Å². The molecule has 1 aromatic heterocycles. The lowest BCUT2D eigenvalue weighted by Crippen LogP contribution is -1.88. The molecule has 0 aliphatic carbocycles. The summed E-state index contributed by atoms with van der Waals surface area (Å²) in [6.45, 7) is 3.48. The Morgan fingerprint density at radius 3 is 2.57 bits per heavy atom. The van der Waals surface area contributed by atoms with Crippen LogP contribution >= 0.6 is 0 Å². The van der Waals surface area contributed by atoms with Crippen molar-refractivity contribution in [3.05, 3.63) is 35.5 Å². The van der Waals surface area contributed by atoms with Crippen LogP contribution in [-0.2, 0) is 0 Å². The lowest BCUT2D eigenvalue weighted by Gasteiger charge is -2.00. The number of aryl methyl sites for hydroxylation is 2. The standard InChI is InChI=1S/C10H9FN2O/c1-6-4-3-5-8(11)9(6)10-13-12-7(2)14-10/h3-5H,1-2H3. The monoisotopic (exact) mass is 192 g/mol. The second kappa shape index (κ2) is 3.21. The summed E-state index contributed by atoms with van der Waals surface area (Å²) in [6.07, 6.45) is 0. The first-order valence-corrected chi connectivity index (χ1v) is 4.24. The summed E-state index contributed by atoms with van der Waals surface area (Å²) in [5.41, 5.74) is 1.17. The molecule has 0 saturated heterocycles. The van der Waals surface area contributed by atoms with E-state index in [1.54, 1.807) is 26.0 Å². The molecule has 0 spiro atoms. The Hall–Kier alpha value is -1.71. The lowest BCUT2D eigenvalue weighted by atomic mass is 10.1. The van der Waals surface area contributed by atoms with Crippen LogP contribution < -0.4 is 0 Å². The fraction of sp³-hybridized carbons (Fsp3) is 0.200. The van der Waals surface area contributed by atoms with Crippen molar-refractivity contribution in [2.45, 2.75) is 13.8 Å². The van der Waals surface area contributed by atoms with E-state index in [4.69, 9.17) is 4.42 Å². The second-order valence-electron chi connectivity index (χ2n) is 3.06. The lowest BCUT2D eigenvalue weighted by molar-refractivity contribution is 0.526. The van der Waals surface area contributed by atoms with Gasteiger partial charge < -0.3 is 4.42 Å². The fourth-order valence-corrected chi connectivity index (χ4v) is 1.30. The van der Waals surface area contributed by atoms with E-state index in [-0.39, 0.29) is 11.7 Å². The predicted octanol–water partition coefficient (Wildman–Crippen LogP) is 2.49. The van der Waals surface area contributed by atoms with Crippen LogP contribution in [-0.4, -0.2) is 10.2 Å². The van der Waals surface area contributed by atoms with E-state index in [1.807, 2.05) is 0 Å². The predicted molar refractivity (Wildman–Crippen MR) is 49.2 cm³/mol. The summed E-state index contributed by atoms with van der Waals surface area (Å²) < 4.78 is 18.6. The number of nitrogens with zero attached hydrogens (tertiary/aromatic N) is 2. The van der Waals surface area contributed by atoms with E-state index in [1.165, 1.54) is 6.07 Å². The van der Waals surface area contributed by atoms with Crippen LogP contribution in [0, 0.1) is 19.7 Å². The van der Waals surface area contributed by atoms with Gasteiger partial charge in [-0.1, -0.05) is 12.1 Å². The van der Waals surface area contributed by atoms with E-state index in [9.17, 15) is 4.39 Å². The molecule has 0 atom stereocenters. The van der Waals surface area contributed by atoms with Gasteiger partial charge in [-0.3, -0.25) is 0 Å². The van der Waals surface area contributed by atoms with Crippen molar-refractivity contribution >= 4 is 0 Å². The molecule has 0 aliphatic rings. The highest BCUT2D eigenvalue weighted by atomic mass is 19.1. The molecule has 0 amide bonds. The van der Waals surface area contributed by atoms with Gasteiger partial charge in [0.2, 0.25) is 5.89 Å². The number of halogens is 1. The molecule has 0 saturated carbocycles. The largest absolute Gasteiger partial charge is 0.421 e. The van der Waals surface area contributed by atoms with Crippen molar-refractivity contribution in [2.24, 2.45) is 0 Å². The van der Waals surface area contributed by atoms with Crippen molar-refractivity contribution < 1.29 is 8.81 Å². The first-order chi connectivity index (χ1) is 6.68. The van der Waals surface area contributed by atoms with Gasteiger partial charge in [-0.05, 0) is 18.6 Å². The number of rotatable bonds is 1. The van der Waals surface area contributed by atoms with Crippen LogP contribution in [0.5, 0.6) is 0 Å². The normalized spacial score (nSPS) is 10.5. The van der Waals surface area contributed by atoms with E-state index >= 15 is 0 Å². The van der Waals surface area contributed by atoms with Gasteiger partial charge in [0.05, 0.1) is 5.56 Å². The van der Waals surface area contributed by atoms with Gasteiger partial charge in [0.1, 0.15) is 5.82 Å². The zero-order valence-corrected chi connectivity index (χ0v) is 7.91. The molecule has 1 aromatic carbocycles. The zero-order chi connectivity index (χ0) is 10.1. The van der Waals surface area contributed by atoms with Crippen LogP contribution in [0.15, 0.2) is 22.6 Å². The highest BCUT2D eigenvalue weighted by molar-refractivity contribution is 5.58. The van der Waals surface area contributed by atoms with E-state index < -0.39 is 0 Å². The minimum Gasteiger partial charge on any atom is -0.421 e. The molecular formula is C10H9FN2O. The Morgan fingerprint density at radius 1 is 1.21 bits per heavy atom. The van der Waals surface area contributed by atoms with Gasteiger partial charge in [-0.2, -0.15) is 0 Å². The molecule has 0 unspecified atom stereocenters. The summed E-state index contributed by atoms with van der Waals surface area (Å²) >= 11 is 0. The second-order valence-corrected chi connectivity index (χ2v) is 3.06. The van der Waals surface area contributed by atoms with Crippen molar-refractivity contribution in [3.63, 3.8) is 0 Å². The van der Waals surface area contributed by atoms with Crippen molar-refractivity contribution in [3.8, 4) is 11.5 Å². The first kappa shape index (κ1) is 8.87. The van der Waals surface area contributed by atoms with Gasteiger partial charge >= 0.3 is 0 Å². The quantitative estimate of drug-likeness (QED) is 0.696. The summed E-state index contributed by atoms with van der Waals surface area (Å²) in [7, 11) is 0. The SMILES string of the molecule is Cc1nnc(-c2c(C)cccc2F)o1. The highest BCUT2D eigenvalue weighted by Crippen LogP contribution is 2.24. The Bertz CT molecular complexity index is 445. The molecule has 0 N–H and O–H groups in total. The van der Waals surface area contributed by atoms with Gasteiger partial charge in [0.25, 0.3) is 5.89 Å². The van der Waals surface area contributed by atoms with Crippen LogP contribution in [0.25, 0.3) is 11.5 Å². The molecule has 4 heteroatoms. The molecule has 0 radical (unpaired) electrons. The Labute approximate surface area is 80.6 Å². The van der Waals surface area contributed by atoms with Gasteiger partial charge in [0, 0.05) is 6.92 Å². The summed E-state index contributed by atoms with van der Waals surface area (Å²) in [5.74, 6) is 0.328. The smallest absolute Gasteiger partial charge is 0.250 e. The van der Waals surface area contributed by atoms with Gasteiger partial charge in [-0.25, -0.2) is 4.39 Å². The Kier molecular flexibility index (Phi) is 2.04. The Morgan fingerprint density at radius 2 is 2.00 bits per heavy atom. The molecule has 2 rings (SSSR count). The van der Waals surface area contributed by atoms with E-state index in [2.05, 4.69) is 10.2 Å². The molecule has 0 bridgehead atoms. The molecule has 14 heavy (non-hydrogen) atoms. The number of benzene rings is 1. The molecule has 0 fully saturated rings. The molecule has 2 aromatic rings. The average Bonchev–Trinajstić information content (AvgIpc) is 2.51. The third kappa shape index (κ3) is 1.39. The minimum absolute atomic E-state index is 0.234. The van der Waals surface area contributed by atoms with Crippen LogP contribution in [0.2, 0.25) is 0 Å². The van der Waals surface area contributed by atoms with Crippen LogP contribution in [0.1, 0.15) is 11.5 Å². The molecular weight excluding hydrogens is 183 g/mol. The van der Waals surface area contributed by atoms with Crippen LogP contribution in [0.3, 0.4) is 0 Å². The van der Waals surface area contributed by atoms with Crippen LogP contribution in [0.4, 0.5) is 4.39 Å². The van der Waals surface area contributed by atoms with Crippen molar-refractivity contribution in [1.29, 1.82) is 0 Å². The topological polar surface area (TPSA) is 38.9 Å². The maximum absolute atomic E-state index is 13.4. The average molecular weight is 192 g/mol. The third-order valence-electron chi connectivity index (χ3n) is 1.96. The number of hydrogen-bond donors (Lipinski definition) is 0. The fourth-order valence-electron chi connectivity index (χ4n) is 1.30. The van der Waals surface area contributed by atoms with Gasteiger partial charge in [0.15, 0.2) is 0 Å². The molecule has 0 aliphatic heterocycles. The third-order valence-corrected chi connectivity index (χ3v) is 1.96. The van der Waals surface area contributed by atoms with Crippen molar-refractivity contribution in [2.75, 3.05) is 0 Å². The minimum atomic E-state index is -0.339. The molecule has 3 nitrogen and oxygen atoms in total. The van der Waals surface area contributed by atoms with E-state index in [0.29, 0.717) is 11.5 Å².